The molecule has 0 unspecified atom stereocenters. The molecule has 2 rings (SSSR count). The first-order chi connectivity index (χ1) is 9.61. The van der Waals surface area contributed by atoms with Crippen molar-refractivity contribution in [1.29, 1.82) is 0 Å². The van der Waals surface area contributed by atoms with Gasteiger partial charge in [0.25, 0.3) is 0 Å². The molecule has 1 heterocycles. The number of rotatable bonds is 6. The van der Waals surface area contributed by atoms with Crippen molar-refractivity contribution < 1.29 is 8.91 Å². The summed E-state index contributed by atoms with van der Waals surface area (Å²) in [6, 6.07) is 4.55. The van der Waals surface area contributed by atoms with Gasteiger partial charge in [0.05, 0.1) is 11.1 Å². The molecule has 108 valence electrons. The van der Waals surface area contributed by atoms with Gasteiger partial charge in [0.1, 0.15) is 5.82 Å². The van der Waals surface area contributed by atoms with Crippen molar-refractivity contribution in [2.75, 3.05) is 12.0 Å². The first-order valence-corrected chi connectivity index (χ1v) is 7.89. The largest absolute Gasteiger partial charge is 0.338 e. The quantitative estimate of drug-likeness (QED) is 0.886. The zero-order chi connectivity index (χ0) is 14.5. The predicted molar refractivity (Wildman–Crippen MR) is 78.4 cm³/mol. The first-order valence-electron chi connectivity index (χ1n) is 6.11. The molecular weight excluding hydrogens is 301 g/mol. The fraction of sp³-hybridized carbons (Fsp3) is 0.385. The molecule has 1 aromatic heterocycles. The van der Waals surface area contributed by atoms with Gasteiger partial charge in [0.15, 0.2) is 5.82 Å². The summed E-state index contributed by atoms with van der Waals surface area (Å²) in [4.78, 5) is 4.21. The normalized spacial score (nSPS) is 12.6. The maximum atomic E-state index is 13.8. The predicted octanol–water partition coefficient (Wildman–Crippen LogP) is 3.21. The molecule has 0 aliphatic rings. The van der Waals surface area contributed by atoms with Gasteiger partial charge in [0.2, 0.25) is 5.89 Å². The van der Waals surface area contributed by atoms with Crippen molar-refractivity contribution in [2.24, 2.45) is 5.73 Å². The highest BCUT2D eigenvalue weighted by molar-refractivity contribution is 7.98. The fourth-order valence-electron chi connectivity index (χ4n) is 1.71. The number of benzene rings is 1. The van der Waals surface area contributed by atoms with Gasteiger partial charge < -0.3 is 10.3 Å². The first kappa shape index (κ1) is 15.3. The Balaban J connectivity index is 2.07. The summed E-state index contributed by atoms with van der Waals surface area (Å²) in [6.45, 7) is 0. The van der Waals surface area contributed by atoms with E-state index in [1.54, 1.807) is 23.9 Å². The third-order valence-corrected chi connectivity index (χ3v) is 3.75. The van der Waals surface area contributed by atoms with Crippen molar-refractivity contribution in [3.8, 4) is 0 Å². The van der Waals surface area contributed by atoms with Crippen LogP contribution < -0.4 is 5.73 Å². The molecule has 2 aromatic rings. The molecule has 7 heteroatoms. The third kappa shape index (κ3) is 3.71. The SMILES string of the molecule is CSCC[C@H](N)c1nc(Cc2cccc(Cl)c2F)no1. The van der Waals surface area contributed by atoms with Crippen molar-refractivity contribution in [3.05, 3.63) is 46.3 Å². The van der Waals surface area contributed by atoms with Crippen LogP contribution >= 0.6 is 23.4 Å². The van der Waals surface area contributed by atoms with Crippen molar-refractivity contribution in [3.63, 3.8) is 0 Å². The second-order valence-corrected chi connectivity index (χ2v) is 5.72. The van der Waals surface area contributed by atoms with Gasteiger partial charge >= 0.3 is 0 Å². The van der Waals surface area contributed by atoms with Crippen LogP contribution in [-0.4, -0.2) is 22.1 Å². The van der Waals surface area contributed by atoms with E-state index in [0.717, 1.165) is 12.2 Å². The van der Waals surface area contributed by atoms with Gasteiger partial charge in [-0.15, -0.1) is 0 Å². The second-order valence-electron chi connectivity index (χ2n) is 4.33. The monoisotopic (exact) mass is 315 g/mol. The molecule has 0 saturated carbocycles. The molecule has 20 heavy (non-hydrogen) atoms. The van der Waals surface area contributed by atoms with E-state index in [1.165, 1.54) is 6.07 Å². The van der Waals surface area contributed by atoms with E-state index in [4.69, 9.17) is 21.9 Å². The summed E-state index contributed by atoms with van der Waals surface area (Å²) >= 11 is 7.43. The number of nitrogens with zero attached hydrogens (tertiary/aromatic N) is 2. The number of halogens is 2. The minimum absolute atomic E-state index is 0.0860. The van der Waals surface area contributed by atoms with Gasteiger partial charge in [-0.1, -0.05) is 28.9 Å². The van der Waals surface area contributed by atoms with E-state index in [0.29, 0.717) is 17.3 Å². The Morgan fingerprint density at radius 2 is 2.30 bits per heavy atom. The summed E-state index contributed by atoms with van der Waals surface area (Å²) in [5, 5.41) is 3.91. The van der Waals surface area contributed by atoms with Gasteiger partial charge in [0, 0.05) is 6.42 Å². The molecule has 0 radical (unpaired) electrons. The van der Waals surface area contributed by atoms with Crippen molar-refractivity contribution >= 4 is 23.4 Å². The Labute approximate surface area is 125 Å². The molecule has 2 N–H and O–H groups in total. The highest BCUT2D eigenvalue weighted by Gasteiger charge is 2.16. The molecule has 0 bridgehead atoms. The second kappa shape index (κ2) is 7.06. The molecule has 0 spiro atoms. The highest BCUT2D eigenvalue weighted by atomic mass is 35.5. The average molecular weight is 316 g/mol. The van der Waals surface area contributed by atoms with Crippen LogP contribution in [0.4, 0.5) is 4.39 Å². The maximum absolute atomic E-state index is 13.8. The molecule has 0 amide bonds. The standard InChI is InChI=1S/C13H15ClFN3OS/c1-20-6-5-10(16)13-17-11(18-19-13)7-8-3-2-4-9(14)12(8)15/h2-4,10H,5-7,16H2,1H3/t10-/m0/s1. The van der Waals surface area contributed by atoms with Crippen LogP contribution in [0.15, 0.2) is 22.7 Å². The van der Waals surface area contributed by atoms with E-state index >= 15 is 0 Å². The number of nitrogens with two attached hydrogens (primary N) is 1. The lowest BCUT2D eigenvalue weighted by atomic mass is 10.1. The lowest BCUT2D eigenvalue weighted by Gasteiger charge is -2.03. The minimum Gasteiger partial charge on any atom is -0.338 e. The topological polar surface area (TPSA) is 64.9 Å². The van der Waals surface area contributed by atoms with Crippen molar-refractivity contribution in [1.82, 2.24) is 10.1 Å². The third-order valence-electron chi connectivity index (χ3n) is 2.81. The molecule has 0 aliphatic heterocycles. The van der Waals surface area contributed by atoms with Crippen LogP contribution in [0.3, 0.4) is 0 Å². The fourth-order valence-corrected chi connectivity index (χ4v) is 2.40. The van der Waals surface area contributed by atoms with Gasteiger partial charge in [-0.25, -0.2) is 4.39 Å². The maximum Gasteiger partial charge on any atom is 0.243 e. The molecular formula is C13H15ClFN3OS. The van der Waals surface area contributed by atoms with Crippen LogP contribution in [0, 0.1) is 5.82 Å². The molecule has 0 aliphatic carbocycles. The summed E-state index contributed by atoms with van der Waals surface area (Å²) in [6.07, 6.45) is 2.99. The summed E-state index contributed by atoms with van der Waals surface area (Å²) < 4.78 is 18.9. The minimum atomic E-state index is -0.452. The number of aromatic nitrogens is 2. The van der Waals surface area contributed by atoms with E-state index in [1.807, 2.05) is 6.26 Å². The zero-order valence-electron chi connectivity index (χ0n) is 11.0. The van der Waals surface area contributed by atoms with Gasteiger partial charge in [-0.3, -0.25) is 0 Å². The Hall–Kier alpha value is -1.11. The molecule has 0 fully saturated rings. The van der Waals surface area contributed by atoms with E-state index in [-0.39, 0.29) is 17.5 Å². The lowest BCUT2D eigenvalue weighted by molar-refractivity contribution is 0.349. The number of hydrogen-bond donors (Lipinski definition) is 1. The van der Waals surface area contributed by atoms with Crippen LogP contribution in [-0.2, 0) is 6.42 Å². The Kier molecular flexibility index (Phi) is 5.39. The van der Waals surface area contributed by atoms with E-state index in [2.05, 4.69) is 10.1 Å². The molecule has 4 nitrogen and oxygen atoms in total. The van der Waals surface area contributed by atoms with Gasteiger partial charge in [-0.05, 0) is 30.1 Å². The van der Waals surface area contributed by atoms with Crippen LogP contribution in [0.5, 0.6) is 0 Å². The Bertz CT molecular complexity index is 578. The highest BCUT2D eigenvalue weighted by Crippen LogP contribution is 2.20. The van der Waals surface area contributed by atoms with Gasteiger partial charge in [-0.2, -0.15) is 16.7 Å². The molecule has 1 atom stereocenters. The van der Waals surface area contributed by atoms with E-state index < -0.39 is 5.82 Å². The lowest BCUT2D eigenvalue weighted by Crippen LogP contribution is -2.11. The zero-order valence-corrected chi connectivity index (χ0v) is 12.5. The average Bonchev–Trinajstić information content (AvgIpc) is 2.90. The Morgan fingerprint density at radius 3 is 3.05 bits per heavy atom. The molecule has 1 aromatic carbocycles. The smallest absolute Gasteiger partial charge is 0.243 e. The number of thioether (sulfide) groups is 1. The van der Waals surface area contributed by atoms with Crippen LogP contribution in [0.25, 0.3) is 0 Å². The van der Waals surface area contributed by atoms with Crippen LogP contribution in [0.2, 0.25) is 5.02 Å². The Morgan fingerprint density at radius 1 is 1.50 bits per heavy atom. The molecule has 0 saturated heterocycles. The van der Waals surface area contributed by atoms with Crippen molar-refractivity contribution in [2.45, 2.75) is 18.9 Å². The summed E-state index contributed by atoms with van der Waals surface area (Å²) in [5.41, 5.74) is 6.37. The number of hydrogen-bond acceptors (Lipinski definition) is 5. The van der Waals surface area contributed by atoms with E-state index in [9.17, 15) is 4.39 Å². The summed E-state index contributed by atoms with van der Waals surface area (Å²) in [7, 11) is 0. The summed E-state index contributed by atoms with van der Waals surface area (Å²) in [5.74, 6) is 1.26. The van der Waals surface area contributed by atoms with Crippen LogP contribution in [0.1, 0.15) is 29.7 Å².